The highest BCUT2D eigenvalue weighted by molar-refractivity contribution is 5.78. The first-order valence-corrected chi connectivity index (χ1v) is 7.89. The Balaban J connectivity index is 1.91. The number of hydrogen-bond acceptors (Lipinski definition) is 3. The Labute approximate surface area is 128 Å². The van der Waals surface area contributed by atoms with Gasteiger partial charge in [0.25, 0.3) is 0 Å². The Bertz CT molecular complexity index is 452. The van der Waals surface area contributed by atoms with Crippen molar-refractivity contribution in [2.45, 2.75) is 26.3 Å². The van der Waals surface area contributed by atoms with Crippen molar-refractivity contribution in [3.8, 4) is 0 Å². The maximum Gasteiger partial charge on any atom is 0.236 e. The van der Waals surface area contributed by atoms with Crippen LogP contribution >= 0.6 is 0 Å². The van der Waals surface area contributed by atoms with Gasteiger partial charge in [0.1, 0.15) is 0 Å². The maximum absolute atomic E-state index is 12.3. The third kappa shape index (κ3) is 4.29. The van der Waals surface area contributed by atoms with E-state index in [2.05, 4.69) is 48.3 Å². The maximum atomic E-state index is 12.3. The van der Waals surface area contributed by atoms with Gasteiger partial charge in [-0.05, 0) is 31.5 Å². The van der Waals surface area contributed by atoms with E-state index >= 15 is 0 Å². The van der Waals surface area contributed by atoms with Gasteiger partial charge < -0.3 is 10.2 Å². The molecule has 0 aromatic heterocycles. The Morgan fingerprint density at radius 2 is 1.90 bits per heavy atom. The van der Waals surface area contributed by atoms with Crippen molar-refractivity contribution in [3.63, 3.8) is 0 Å². The van der Waals surface area contributed by atoms with Crippen molar-refractivity contribution in [1.29, 1.82) is 0 Å². The smallest absolute Gasteiger partial charge is 0.236 e. The molecule has 1 aromatic rings. The predicted molar refractivity (Wildman–Crippen MR) is 86.3 cm³/mol. The van der Waals surface area contributed by atoms with Crippen molar-refractivity contribution in [3.05, 3.63) is 35.4 Å². The number of amides is 1. The van der Waals surface area contributed by atoms with E-state index in [4.69, 9.17) is 0 Å². The average molecular weight is 289 g/mol. The van der Waals surface area contributed by atoms with Crippen molar-refractivity contribution in [2.75, 3.05) is 39.8 Å². The van der Waals surface area contributed by atoms with Crippen LogP contribution in [0.1, 0.15) is 31.0 Å². The monoisotopic (exact) mass is 289 g/mol. The molecular formula is C17H27N3O. The lowest BCUT2D eigenvalue weighted by Gasteiger charge is -2.31. The molecule has 0 radical (unpaired) electrons. The minimum absolute atomic E-state index is 0.232. The summed E-state index contributed by atoms with van der Waals surface area (Å²) in [6.07, 6.45) is 1.06. The summed E-state index contributed by atoms with van der Waals surface area (Å²) < 4.78 is 0. The predicted octanol–water partition coefficient (Wildman–Crippen LogP) is 1.67. The topological polar surface area (TPSA) is 35.6 Å². The zero-order chi connectivity index (χ0) is 15.2. The van der Waals surface area contributed by atoms with E-state index in [0.717, 1.165) is 32.6 Å². The van der Waals surface area contributed by atoms with Crippen molar-refractivity contribution < 1.29 is 4.79 Å². The van der Waals surface area contributed by atoms with Crippen molar-refractivity contribution in [2.24, 2.45) is 0 Å². The van der Waals surface area contributed by atoms with E-state index in [1.165, 1.54) is 11.1 Å². The summed E-state index contributed by atoms with van der Waals surface area (Å²) in [5.74, 6) is 0.232. The van der Waals surface area contributed by atoms with Crippen LogP contribution in [-0.4, -0.2) is 55.5 Å². The number of carbonyl (C=O) groups is 1. The average Bonchev–Trinajstić information content (AvgIpc) is 2.55. The van der Waals surface area contributed by atoms with Crippen LogP contribution < -0.4 is 5.32 Å². The number of rotatable bonds is 5. The molecule has 1 unspecified atom stereocenters. The molecule has 1 N–H and O–H groups in total. The van der Waals surface area contributed by atoms with Crippen LogP contribution in [0.15, 0.2) is 24.3 Å². The molecule has 1 heterocycles. The molecule has 1 aromatic carbocycles. The van der Waals surface area contributed by atoms with E-state index in [9.17, 15) is 4.79 Å². The number of likely N-dealkylation sites (N-methyl/N-ethyl adjacent to an activating group) is 1. The van der Waals surface area contributed by atoms with Gasteiger partial charge in [0.15, 0.2) is 0 Å². The quantitative estimate of drug-likeness (QED) is 0.896. The first-order chi connectivity index (χ1) is 10.1. The molecule has 4 heteroatoms. The van der Waals surface area contributed by atoms with Gasteiger partial charge in [0.2, 0.25) is 5.91 Å². The van der Waals surface area contributed by atoms with Gasteiger partial charge in [-0.3, -0.25) is 9.69 Å². The van der Waals surface area contributed by atoms with E-state index < -0.39 is 0 Å². The molecule has 21 heavy (non-hydrogen) atoms. The summed E-state index contributed by atoms with van der Waals surface area (Å²) in [4.78, 5) is 16.4. The molecule has 1 fully saturated rings. The lowest BCUT2D eigenvalue weighted by molar-refractivity contribution is -0.133. The largest absolute Gasteiger partial charge is 0.339 e. The third-order valence-corrected chi connectivity index (χ3v) is 4.39. The van der Waals surface area contributed by atoms with E-state index in [1.807, 2.05) is 11.9 Å². The molecule has 0 spiro atoms. The SMILES string of the molecule is CCc1ccc(C(C)N(C)CC(=O)N2CCNCC2)cc1. The fourth-order valence-corrected chi connectivity index (χ4v) is 2.65. The lowest BCUT2D eigenvalue weighted by Crippen LogP contribution is -2.49. The van der Waals surface area contributed by atoms with Crippen LogP contribution in [0.2, 0.25) is 0 Å². The minimum Gasteiger partial charge on any atom is -0.339 e. The van der Waals surface area contributed by atoms with E-state index in [1.54, 1.807) is 0 Å². The summed E-state index contributed by atoms with van der Waals surface area (Å²) in [6, 6.07) is 8.96. The molecule has 0 aliphatic carbocycles. The standard InChI is InChI=1S/C17H27N3O/c1-4-15-5-7-16(8-6-15)14(2)19(3)13-17(21)20-11-9-18-10-12-20/h5-8,14,18H,4,9-13H2,1-3H3. The highest BCUT2D eigenvalue weighted by Gasteiger charge is 2.20. The van der Waals surface area contributed by atoms with Crippen molar-refractivity contribution >= 4 is 5.91 Å². The van der Waals surface area contributed by atoms with Crippen LogP contribution in [-0.2, 0) is 11.2 Å². The molecule has 1 atom stereocenters. The van der Waals surface area contributed by atoms with Gasteiger partial charge in [-0.15, -0.1) is 0 Å². The molecule has 1 amide bonds. The van der Waals surface area contributed by atoms with Gasteiger partial charge in [-0.25, -0.2) is 0 Å². The Hall–Kier alpha value is -1.39. The van der Waals surface area contributed by atoms with Crippen LogP contribution in [0.4, 0.5) is 0 Å². The number of carbonyl (C=O) groups excluding carboxylic acids is 1. The van der Waals surface area contributed by atoms with Gasteiger partial charge >= 0.3 is 0 Å². The van der Waals surface area contributed by atoms with E-state index in [-0.39, 0.29) is 11.9 Å². The van der Waals surface area contributed by atoms with Crippen LogP contribution in [0, 0.1) is 0 Å². The number of aryl methyl sites for hydroxylation is 1. The summed E-state index contributed by atoms with van der Waals surface area (Å²) in [5.41, 5.74) is 2.62. The first-order valence-electron chi connectivity index (χ1n) is 7.89. The third-order valence-electron chi connectivity index (χ3n) is 4.39. The number of benzene rings is 1. The van der Waals surface area contributed by atoms with Gasteiger partial charge in [0.05, 0.1) is 6.54 Å². The molecule has 1 saturated heterocycles. The zero-order valence-corrected chi connectivity index (χ0v) is 13.4. The normalized spacial score (nSPS) is 17.0. The summed E-state index contributed by atoms with van der Waals surface area (Å²) in [6.45, 7) is 8.27. The molecule has 0 bridgehead atoms. The molecule has 0 saturated carbocycles. The zero-order valence-electron chi connectivity index (χ0n) is 13.4. The van der Waals surface area contributed by atoms with Crippen LogP contribution in [0.25, 0.3) is 0 Å². The Morgan fingerprint density at radius 3 is 2.48 bits per heavy atom. The second-order valence-electron chi connectivity index (χ2n) is 5.82. The summed E-state index contributed by atoms with van der Waals surface area (Å²) in [7, 11) is 2.03. The van der Waals surface area contributed by atoms with Crippen molar-refractivity contribution in [1.82, 2.24) is 15.1 Å². The molecule has 4 nitrogen and oxygen atoms in total. The molecule has 1 aliphatic rings. The highest BCUT2D eigenvalue weighted by Crippen LogP contribution is 2.19. The molecule has 1 aliphatic heterocycles. The number of hydrogen-bond donors (Lipinski definition) is 1. The van der Waals surface area contributed by atoms with Crippen LogP contribution in [0.3, 0.4) is 0 Å². The minimum atomic E-state index is 0.232. The number of nitrogens with one attached hydrogen (secondary N) is 1. The van der Waals surface area contributed by atoms with E-state index in [0.29, 0.717) is 6.54 Å². The second kappa shape index (κ2) is 7.57. The second-order valence-corrected chi connectivity index (χ2v) is 5.82. The number of piperazine rings is 1. The highest BCUT2D eigenvalue weighted by atomic mass is 16.2. The lowest BCUT2D eigenvalue weighted by atomic mass is 10.0. The van der Waals surface area contributed by atoms with Gasteiger partial charge in [-0.1, -0.05) is 31.2 Å². The summed E-state index contributed by atoms with van der Waals surface area (Å²) >= 11 is 0. The number of nitrogens with zero attached hydrogens (tertiary/aromatic N) is 2. The summed E-state index contributed by atoms with van der Waals surface area (Å²) in [5, 5.41) is 3.27. The van der Waals surface area contributed by atoms with Gasteiger partial charge in [0, 0.05) is 32.2 Å². The van der Waals surface area contributed by atoms with Crippen LogP contribution in [0.5, 0.6) is 0 Å². The Kier molecular flexibility index (Phi) is 5.76. The molecule has 2 rings (SSSR count). The molecular weight excluding hydrogens is 262 g/mol. The van der Waals surface area contributed by atoms with Gasteiger partial charge in [-0.2, -0.15) is 0 Å². The molecule has 116 valence electrons. The fraction of sp³-hybridized carbons (Fsp3) is 0.588. The first kappa shape index (κ1) is 16.0. The fourth-order valence-electron chi connectivity index (χ4n) is 2.65. The Morgan fingerprint density at radius 1 is 1.29 bits per heavy atom.